The molecule has 2 nitrogen and oxygen atoms in total. The summed E-state index contributed by atoms with van der Waals surface area (Å²) in [7, 11) is 0. The number of aliphatic hydroxyl groups is 1. The third kappa shape index (κ3) is 2.92. The van der Waals surface area contributed by atoms with Gasteiger partial charge in [-0.1, -0.05) is 62.4 Å². The van der Waals surface area contributed by atoms with Gasteiger partial charge in [0.15, 0.2) is 0 Å². The Hall–Kier alpha value is -1.90. The topological polar surface area (TPSA) is 32.3 Å². The fourth-order valence-corrected chi connectivity index (χ4v) is 2.69. The van der Waals surface area contributed by atoms with Gasteiger partial charge >= 0.3 is 0 Å². The highest BCUT2D eigenvalue weighted by atomic mass is 16.3. The highest BCUT2D eigenvalue weighted by Gasteiger charge is 2.09. The van der Waals surface area contributed by atoms with Crippen LogP contribution in [-0.2, 0) is 0 Å². The first-order valence-corrected chi connectivity index (χ1v) is 7.48. The lowest BCUT2D eigenvalue weighted by Gasteiger charge is -2.15. The molecule has 0 spiro atoms. The van der Waals surface area contributed by atoms with E-state index in [0.717, 1.165) is 5.56 Å². The van der Waals surface area contributed by atoms with Gasteiger partial charge in [0.2, 0.25) is 0 Å². The Morgan fingerprint density at radius 1 is 0.905 bits per heavy atom. The lowest BCUT2D eigenvalue weighted by Crippen LogP contribution is -2.27. The van der Waals surface area contributed by atoms with E-state index in [2.05, 4.69) is 67.7 Å². The second-order valence-corrected chi connectivity index (χ2v) is 5.85. The van der Waals surface area contributed by atoms with Crippen LogP contribution in [0.15, 0.2) is 54.6 Å². The summed E-state index contributed by atoms with van der Waals surface area (Å²) in [5, 5.41) is 18.5. The summed E-state index contributed by atoms with van der Waals surface area (Å²) in [6, 6.07) is 19.3. The maximum Gasteiger partial charge on any atom is 0.0914 e. The zero-order valence-electron chi connectivity index (χ0n) is 12.5. The average molecular weight is 279 g/mol. The van der Waals surface area contributed by atoms with Crippen LogP contribution in [0.3, 0.4) is 0 Å². The van der Waals surface area contributed by atoms with E-state index in [9.17, 15) is 5.11 Å². The molecule has 2 heteroatoms. The van der Waals surface area contributed by atoms with Crippen molar-refractivity contribution in [2.24, 2.45) is 0 Å². The summed E-state index contributed by atoms with van der Waals surface area (Å²) in [6.45, 7) is 4.75. The molecular weight excluding hydrogens is 258 g/mol. The Labute approximate surface area is 125 Å². The van der Waals surface area contributed by atoms with Crippen molar-refractivity contribution in [3.05, 3.63) is 60.2 Å². The van der Waals surface area contributed by atoms with Gasteiger partial charge < -0.3 is 10.4 Å². The largest absolute Gasteiger partial charge is 0.387 e. The Bertz CT molecular complexity index is 764. The molecule has 0 bridgehead atoms. The molecule has 0 aliphatic heterocycles. The minimum absolute atomic E-state index is 0.376. The molecule has 0 saturated carbocycles. The molecule has 0 aliphatic carbocycles. The van der Waals surface area contributed by atoms with Crippen LogP contribution in [0.2, 0.25) is 0 Å². The second kappa shape index (κ2) is 5.84. The molecular formula is C19H21NO. The summed E-state index contributed by atoms with van der Waals surface area (Å²) >= 11 is 0. The van der Waals surface area contributed by atoms with Gasteiger partial charge in [-0.3, -0.25) is 0 Å². The van der Waals surface area contributed by atoms with E-state index in [1.54, 1.807) is 0 Å². The molecule has 0 saturated heterocycles. The average Bonchev–Trinajstić information content (AvgIpc) is 2.52. The quantitative estimate of drug-likeness (QED) is 0.707. The summed E-state index contributed by atoms with van der Waals surface area (Å²) < 4.78 is 0. The van der Waals surface area contributed by atoms with E-state index >= 15 is 0 Å². The van der Waals surface area contributed by atoms with Crippen molar-refractivity contribution in [1.82, 2.24) is 5.32 Å². The molecule has 0 amide bonds. The van der Waals surface area contributed by atoms with Crippen LogP contribution < -0.4 is 5.32 Å². The van der Waals surface area contributed by atoms with Crippen molar-refractivity contribution in [3.63, 3.8) is 0 Å². The number of hydrogen-bond donors (Lipinski definition) is 2. The highest BCUT2D eigenvalue weighted by molar-refractivity contribution is 6.07. The molecule has 0 unspecified atom stereocenters. The molecule has 1 atom stereocenters. The molecule has 0 radical (unpaired) electrons. The molecule has 0 fully saturated rings. The number of nitrogens with one attached hydrogen (secondary N) is 1. The predicted molar refractivity (Wildman–Crippen MR) is 89.6 cm³/mol. The smallest absolute Gasteiger partial charge is 0.0914 e. The molecule has 3 aromatic rings. The van der Waals surface area contributed by atoms with Gasteiger partial charge in [0, 0.05) is 12.6 Å². The molecule has 0 aliphatic rings. The van der Waals surface area contributed by atoms with Crippen LogP contribution in [0.5, 0.6) is 0 Å². The molecule has 3 aromatic carbocycles. The minimum atomic E-state index is -0.476. The van der Waals surface area contributed by atoms with Crippen molar-refractivity contribution >= 4 is 21.5 Å². The number of benzene rings is 3. The number of aliphatic hydroxyl groups excluding tert-OH is 1. The van der Waals surface area contributed by atoms with Crippen molar-refractivity contribution in [1.29, 1.82) is 0 Å². The van der Waals surface area contributed by atoms with Gasteiger partial charge in [0.1, 0.15) is 0 Å². The maximum absolute atomic E-state index is 10.3. The fraction of sp³-hybridized carbons (Fsp3) is 0.263. The highest BCUT2D eigenvalue weighted by Crippen LogP contribution is 2.27. The first kappa shape index (κ1) is 14.1. The maximum atomic E-state index is 10.3. The van der Waals surface area contributed by atoms with Crippen LogP contribution in [-0.4, -0.2) is 17.7 Å². The second-order valence-electron chi connectivity index (χ2n) is 5.85. The third-order valence-electron chi connectivity index (χ3n) is 3.87. The zero-order valence-corrected chi connectivity index (χ0v) is 12.5. The Balaban J connectivity index is 2.04. The molecule has 108 valence electrons. The van der Waals surface area contributed by atoms with Gasteiger partial charge in [-0.05, 0) is 33.2 Å². The number of rotatable bonds is 4. The van der Waals surface area contributed by atoms with Crippen molar-refractivity contribution in [2.75, 3.05) is 6.54 Å². The van der Waals surface area contributed by atoms with Crippen LogP contribution >= 0.6 is 0 Å². The molecule has 21 heavy (non-hydrogen) atoms. The van der Waals surface area contributed by atoms with E-state index in [4.69, 9.17) is 0 Å². The summed E-state index contributed by atoms with van der Waals surface area (Å²) in [5.74, 6) is 0. The summed E-state index contributed by atoms with van der Waals surface area (Å²) in [4.78, 5) is 0. The minimum Gasteiger partial charge on any atom is -0.387 e. The first-order valence-electron chi connectivity index (χ1n) is 7.48. The van der Waals surface area contributed by atoms with E-state index < -0.39 is 6.10 Å². The van der Waals surface area contributed by atoms with Gasteiger partial charge in [-0.15, -0.1) is 0 Å². The zero-order chi connectivity index (χ0) is 14.8. The van der Waals surface area contributed by atoms with Gasteiger partial charge in [-0.25, -0.2) is 0 Å². The first-order chi connectivity index (χ1) is 10.1. The number of hydrogen-bond acceptors (Lipinski definition) is 2. The van der Waals surface area contributed by atoms with Gasteiger partial charge in [-0.2, -0.15) is 0 Å². The Kier molecular flexibility index (Phi) is 3.91. The van der Waals surface area contributed by atoms with Crippen LogP contribution in [0.1, 0.15) is 25.5 Å². The number of fused-ring (bicyclic) bond motifs is 3. The van der Waals surface area contributed by atoms with E-state index in [-0.39, 0.29) is 0 Å². The van der Waals surface area contributed by atoms with Crippen LogP contribution in [0.25, 0.3) is 21.5 Å². The molecule has 2 N–H and O–H groups in total. The van der Waals surface area contributed by atoms with E-state index in [1.165, 1.54) is 21.5 Å². The van der Waals surface area contributed by atoms with Gasteiger partial charge in [0.05, 0.1) is 6.10 Å². The summed E-state index contributed by atoms with van der Waals surface area (Å²) in [6.07, 6.45) is -0.476. The lowest BCUT2D eigenvalue weighted by molar-refractivity contribution is 0.172. The Morgan fingerprint density at radius 2 is 1.57 bits per heavy atom. The van der Waals surface area contributed by atoms with Crippen molar-refractivity contribution < 1.29 is 5.11 Å². The third-order valence-corrected chi connectivity index (χ3v) is 3.87. The van der Waals surface area contributed by atoms with E-state index in [0.29, 0.717) is 12.6 Å². The molecule has 0 heterocycles. The monoisotopic (exact) mass is 279 g/mol. The van der Waals surface area contributed by atoms with Gasteiger partial charge in [0.25, 0.3) is 0 Å². The fourth-order valence-electron chi connectivity index (χ4n) is 2.69. The van der Waals surface area contributed by atoms with E-state index in [1.807, 2.05) is 6.07 Å². The normalized spacial score (nSPS) is 13.1. The summed E-state index contributed by atoms with van der Waals surface area (Å²) in [5.41, 5.74) is 0.965. The van der Waals surface area contributed by atoms with Crippen LogP contribution in [0.4, 0.5) is 0 Å². The van der Waals surface area contributed by atoms with Crippen molar-refractivity contribution in [3.8, 4) is 0 Å². The Morgan fingerprint density at radius 3 is 2.33 bits per heavy atom. The lowest BCUT2D eigenvalue weighted by atomic mass is 9.98. The standard InChI is InChI=1S/C19H21NO/c1-13(2)20-12-19(21)16-10-9-15-8-7-14-5-3-4-6-17(14)18(15)11-16/h3-11,13,19-21H,12H2,1-2H3/t19-/m1/s1. The van der Waals surface area contributed by atoms with Crippen molar-refractivity contribution in [2.45, 2.75) is 26.0 Å². The molecule has 0 aromatic heterocycles. The van der Waals surface area contributed by atoms with Crippen LogP contribution in [0, 0.1) is 0 Å². The SMILES string of the molecule is CC(C)NC[C@@H](O)c1ccc2ccc3ccccc3c2c1. The molecule has 3 rings (SSSR count). The predicted octanol–water partition coefficient (Wildman–Crippen LogP) is 4.02.